The molecule has 2 N–H and O–H groups in total. The Balaban J connectivity index is 2.42. The second-order valence-corrected chi connectivity index (χ2v) is 4.50. The van der Waals surface area contributed by atoms with Crippen LogP contribution >= 0.6 is 12.6 Å². The summed E-state index contributed by atoms with van der Waals surface area (Å²) in [4.78, 5) is 0. The van der Waals surface area contributed by atoms with Crippen LogP contribution < -0.4 is 15.4 Å². The molecule has 3 nitrogen and oxygen atoms in total. The third-order valence-corrected chi connectivity index (χ3v) is 2.79. The van der Waals surface area contributed by atoms with E-state index in [4.69, 9.17) is 4.74 Å². The molecule has 0 heterocycles. The van der Waals surface area contributed by atoms with Gasteiger partial charge in [0, 0.05) is 18.3 Å². The first kappa shape index (κ1) is 14.4. The van der Waals surface area contributed by atoms with Crippen LogP contribution in [-0.4, -0.2) is 32.1 Å². The number of hydrogen-bond donors (Lipinski definition) is 3. The largest absolute Gasteiger partial charge is 0.478 e. The van der Waals surface area contributed by atoms with E-state index in [0.717, 1.165) is 24.5 Å². The number of hydrogen-bond acceptors (Lipinski definition) is 4. The van der Waals surface area contributed by atoms with Crippen molar-refractivity contribution in [2.24, 2.45) is 0 Å². The van der Waals surface area contributed by atoms with Crippen molar-refractivity contribution < 1.29 is 4.74 Å². The van der Waals surface area contributed by atoms with Crippen molar-refractivity contribution in [2.75, 3.05) is 26.1 Å². The van der Waals surface area contributed by atoms with Gasteiger partial charge in [0.2, 0.25) is 0 Å². The van der Waals surface area contributed by atoms with Crippen LogP contribution in [0.5, 0.6) is 5.75 Å². The molecule has 96 valence electrons. The number of ether oxygens (including phenoxy) is 1. The molecule has 0 amide bonds. The van der Waals surface area contributed by atoms with Gasteiger partial charge in [0.25, 0.3) is 0 Å². The molecule has 0 radical (unpaired) electrons. The normalized spacial score (nSPS) is 12.4. The minimum atomic E-state index is 0.479. The monoisotopic (exact) mass is 254 g/mol. The quantitative estimate of drug-likeness (QED) is 0.375. The highest BCUT2D eigenvalue weighted by molar-refractivity contribution is 7.80. The second kappa shape index (κ2) is 8.39. The first-order valence-corrected chi connectivity index (χ1v) is 6.60. The molecule has 4 heteroatoms. The summed E-state index contributed by atoms with van der Waals surface area (Å²) in [5.74, 6) is 1.74. The molecule has 17 heavy (non-hydrogen) atoms. The standard InChI is InChI=1S/C13H22N2OS/c1-11(14-2)8-12-4-3-5-13(9-12)16-10-15-6-7-17/h3-5,9,11,14-15,17H,6-8,10H2,1-2H3. The Labute approximate surface area is 109 Å². The predicted octanol–water partition coefficient (Wildman–Crippen LogP) is 1.69. The Morgan fingerprint density at radius 3 is 2.94 bits per heavy atom. The van der Waals surface area contributed by atoms with Crippen LogP contribution in [-0.2, 0) is 6.42 Å². The van der Waals surface area contributed by atoms with E-state index < -0.39 is 0 Å². The van der Waals surface area contributed by atoms with E-state index in [1.54, 1.807) is 0 Å². The molecule has 0 spiro atoms. The predicted molar refractivity (Wildman–Crippen MR) is 76.0 cm³/mol. The Kier molecular flexibility index (Phi) is 7.08. The molecule has 0 aromatic heterocycles. The Morgan fingerprint density at radius 1 is 1.41 bits per heavy atom. The summed E-state index contributed by atoms with van der Waals surface area (Å²) in [5, 5.41) is 6.38. The molecule has 0 bridgehead atoms. The van der Waals surface area contributed by atoms with E-state index in [1.165, 1.54) is 5.56 Å². The lowest BCUT2D eigenvalue weighted by molar-refractivity contribution is 0.287. The first-order valence-electron chi connectivity index (χ1n) is 5.97. The maximum Gasteiger partial charge on any atom is 0.139 e. The summed E-state index contributed by atoms with van der Waals surface area (Å²) in [5.41, 5.74) is 1.29. The van der Waals surface area contributed by atoms with Gasteiger partial charge in [-0.2, -0.15) is 12.6 Å². The Bertz CT molecular complexity index is 320. The van der Waals surface area contributed by atoms with Crippen LogP contribution in [0.3, 0.4) is 0 Å². The van der Waals surface area contributed by atoms with E-state index in [2.05, 4.69) is 42.3 Å². The zero-order valence-electron chi connectivity index (χ0n) is 10.6. The first-order chi connectivity index (χ1) is 8.26. The third kappa shape index (κ3) is 5.96. The lowest BCUT2D eigenvalue weighted by Gasteiger charge is -2.12. The summed E-state index contributed by atoms with van der Waals surface area (Å²) in [6.45, 7) is 3.56. The average Bonchev–Trinajstić information content (AvgIpc) is 2.35. The fraction of sp³-hybridized carbons (Fsp3) is 0.538. The van der Waals surface area contributed by atoms with Gasteiger partial charge < -0.3 is 10.1 Å². The number of thiol groups is 1. The summed E-state index contributed by atoms with van der Waals surface area (Å²) >= 11 is 4.12. The number of nitrogens with one attached hydrogen (secondary N) is 2. The molecular weight excluding hydrogens is 232 g/mol. The van der Waals surface area contributed by atoms with Crippen LogP contribution in [0, 0.1) is 0 Å². The smallest absolute Gasteiger partial charge is 0.139 e. The lowest BCUT2D eigenvalue weighted by atomic mass is 10.1. The van der Waals surface area contributed by atoms with Gasteiger partial charge >= 0.3 is 0 Å². The van der Waals surface area contributed by atoms with Crippen molar-refractivity contribution in [1.82, 2.24) is 10.6 Å². The van der Waals surface area contributed by atoms with Crippen molar-refractivity contribution in [1.29, 1.82) is 0 Å². The maximum atomic E-state index is 5.60. The summed E-state index contributed by atoms with van der Waals surface area (Å²) in [6, 6.07) is 8.71. The third-order valence-electron chi connectivity index (χ3n) is 2.56. The van der Waals surface area contributed by atoms with E-state index in [9.17, 15) is 0 Å². The van der Waals surface area contributed by atoms with Gasteiger partial charge in [0.05, 0.1) is 0 Å². The zero-order chi connectivity index (χ0) is 12.5. The summed E-state index contributed by atoms with van der Waals surface area (Å²) in [6.07, 6.45) is 1.01. The van der Waals surface area contributed by atoms with Gasteiger partial charge in [-0.15, -0.1) is 0 Å². The molecule has 0 aliphatic heterocycles. The molecule has 1 aromatic carbocycles. The van der Waals surface area contributed by atoms with Crippen LogP contribution in [0.1, 0.15) is 12.5 Å². The van der Waals surface area contributed by atoms with Crippen LogP contribution in [0.2, 0.25) is 0 Å². The highest BCUT2D eigenvalue weighted by atomic mass is 32.1. The topological polar surface area (TPSA) is 33.3 Å². The Hall–Kier alpha value is -0.710. The minimum absolute atomic E-state index is 0.479. The van der Waals surface area contributed by atoms with Crippen LogP contribution in [0.15, 0.2) is 24.3 Å². The molecule has 0 saturated carbocycles. The van der Waals surface area contributed by atoms with Crippen molar-refractivity contribution >= 4 is 12.6 Å². The fourth-order valence-corrected chi connectivity index (χ4v) is 1.66. The highest BCUT2D eigenvalue weighted by Crippen LogP contribution is 2.14. The average molecular weight is 254 g/mol. The van der Waals surface area contributed by atoms with Crippen molar-refractivity contribution in [2.45, 2.75) is 19.4 Å². The van der Waals surface area contributed by atoms with Gasteiger partial charge in [0.1, 0.15) is 12.5 Å². The summed E-state index contributed by atoms with van der Waals surface area (Å²) < 4.78 is 5.60. The maximum absolute atomic E-state index is 5.60. The molecule has 1 rings (SSSR count). The molecule has 1 aromatic rings. The molecule has 1 unspecified atom stereocenters. The number of rotatable bonds is 8. The van der Waals surface area contributed by atoms with E-state index in [-0.39, 0.29) is 0 Å². The molecule has 0 saturated heterocycles. The second-order valence-electron chi connectivity index (χ2n) is 4.05. The lowest BCUT2D eigenvalue weighted by Crippen LogP contribution is -2.23. The highest BCUT2D eigenvalue weighted by Gasteiger charge is 2.01. The van der Waals surface area contributed by atoms with Crippen LogP contribution in [0.4, 0.5) is 0 Å². The van der Waals surface area contributed by atoms with E-state index >= 15 is 0 Å². The van der Waals surface area contributed by atoms with Gasteiger partial charge in [-0.25, -0.2) is 0 Å². The Morgan fingerprint density at radius 2 is 2.24 bits per heavy atom. The number of benzene rings is 1. The number of likely N-dealkylation sites (N-methyl/N-ethyl adjacent to an activating group) is 1. The molecule has 0 aliphatic carbocycles. The minimum Gasteiger partial charge on any atom is -0.478 e. The fourth-order valence-electron chi connectivity index (χ4n) is 1.50. The zero-order valence-corrected chi connectivity index (χ0v) is 11.5. The van der Waals surface area contributed by atoms with Crippen molar-refractivity contribution in [3.8, 4) is 5.75 Å². The van der Waals surface area contributed by atoms with Crippen LogP contribution in [0.25, 0.3) is 0 Å². The van der Waals surface area contributed by atoms with Gasteiger partial charge in [-0.3, -0.25) is 5.32 Å². The molecule has 1 atom stereocenters. The van der Waals surface area contributed by atoms with E-state index in [0.29, 0.717) is 12.8 Å². The molecular formula is C13H22N2OS. The van der Waals surface area contributed by atoms with Crippen molar-refractivity contribution in [3.63, 3.8) is 0 Å². The summed E-state index contributed by atoms with van der Waals surface area (Å²) in [7, 11) is 1.98. The van der Waals surface area contributed by atoms with Gasteiger partial charge in [-0.1, -0.05) is 12.1 Å². The SMILES string of the molecule is CNC(C)Cc1cccc(OCNCCS)c1. The molecule has 0 fully saturated rings. The molecule has 0 aliphatic rings. The van der Waals surface area contributed by atoms with Gasteiger partial charge in [0.15, 0.2) is 0 Å². The van der Waals surface area contributed by atoms with Gasteiger partial charge in [-0.05, 0) is 38.1 Å². The van der Waals surface area contributed by atoms with E-state index in [1.807, 2.05) is 19.2 Å². The van der Waals surface area contributed by atoms with Crippen molar-refractivity contribution in [3.05, 3.63) is 29.8 Å².